The third kappa shape index (κ3) is 3.28. The summed E-state index contributed by atoms with van der Waals surface area (Å²) in [5.74, 6) is -0.0109. The first-order valence-corrected chi connectivity index (χ1v) is 11.5. The summed E-state index contributed by atoms with van der Waals surface area (Å²) in [5.41, 5.74) is 1.91. The maximum atomic E-state index is 12.8. The quantitative estimate of drug-likeness (QED) is 0.856. The average Bonchev–Trinajstić information content (AvgIpc) is 3.09. The van der Waals surface area contributed by atoms with Gasteiger partial charge in [0.2, 0.25) is 10.0 Å². The van der Waals surface area contributed by atoms with E-state index in [1.165, 1.54) is 15.6 Å². The molecule has 1 aromatic heterocycles. The molecule has 3 rings (SSSR count). The molecule has 0 saturated heterocycles. The SMILES string of the molecule is CCS(=O)(=O)Nc1ccc2c(c1)CCCN2S(=O)(=O)c1cccs1. The van der Waals surface area contributed by atoms with Crippen molar-refractivity contribution in [3.8, 4) is 0 Å². The molecule has 0 radical (unpaired) electrons. The molecule has 1 N–H and O–H groups in total. The molecule has 0 spiro atoms. The van der Waals surface area contributed by atoms with Crippen molar-refractivity contribution in [1.29, 1.82) is 0 Å². The predicted molar refractivity (Wildman–Crippen MR) is 96.7 cm³/mol. The fraction of sp³-hybridized carbons (Fsp3) is 0.333. The fourth-order valence-electron chi connectivity index (χ4n) is 2.65. The molecule has 1 aliphatic heterocycles. The molecule has 0 unspecified atom stereocenters. The summed E-state index contributed by atoms with van der Waals surface area (Å²) < 4.78 is 53.2. The Labute approximate surface area is 146 Å². The smallest absolute Gasteiger partial charge is 0.273 e. The van der Waals surface area contributed by atoms with Crippen LogP contribution < -0.4 is 9.03 Å². The molecule has 0 atom stereocenters. The Morgan fingerprint density at radius 1 is 1.21 bits per heavy atom. The number of hydrogen-bond donors (Lipinski definition) is 1. The van der Waals surface area contributed by atoms with E-state index in [-0.39, 0.29) is 5.75 Å². The lowest BCUT2D eigenvalue weighted by Gasteiger charge is -2.30. The van der Waals surface area contributed by atoms with Gasteiger partial charge in [-0.1, -0.05) is 6.07 Å². The van der Waals surface area contributed by atoms with Crippen LogP contribution in [0.2, 0.25) is 0 Å². The summed E-state index contributed by atoms with van der Waals surface area (Å²) in [6.45, 7) is 1.99. The van der Waals surface area contributed by atoms with E-state index in [4.69, 9.17) is 0 Å². The first-order chi connectivity index (χ1) is 11.3. The normalized spacial score (nSPS) is 15.1. The van der Waals surface area contributed by atoms with E-state index >= 15 is 0 Å². The second-order valence-corrected chi connectivity index (χ2v) is 10.5. The molecule has 9 heteroatoms. The van der Waals surface area contributed by atoms with Crippen LogP contribution in [0.4, 0.5) is 11.4 Å². The van der Waals surface area contributed by atoms with E-state index in [1.807, 2.05) is 0 Å². The van der Waals surface area contributed by atoms with Crippen LogP contribution in [-0.2, 0) is 26.5 Å². The van der Waals surface area contributed by atoms with Crippen molar-refractivity contribution < 1.29 is 16.8 Å². The molecule has 0 bridgehead atoms. The molecule has 2 heterocycles. The van der Waals surface area contributed by atoms with Gasteiger partial charge in [-0.25, -0.2) is 16.8 Å². The first kappa shape index (κ1) is 17.2. The second-order valence-electron chi connectivity index (χ2n) is 5.46. The van der Waals surface area contributed by atoms with E-state index in [1.54, 1.807) is 42.6 Å². The Bertz CT molecular complexity index is 935. The largest absolute Gasteiger partial charge is 0.284 e. The van der Waals surface area contributed by atoms with Crippen LogP contribution in [0.25, 0.3) is 0 Å². The van der Waals surface area contributed by atoms with Crippen LogP contribution >= 0.6 is 11.3 Å². The Balaban J connectivity index is 1.98. The van der Waals surface area contributed by atoms with E-state index in [0.717, 1.165) is 5.56 Å². The molecule has 1 aromatic carbocycles. The van der Waals surface area contributed by atoms with E-state index in [9.17, 15) is 16.8 Å². The van der Waals surface area contributed by atoms with Crippen molar-refractivity contribution in [3.05, 3.63) is 41.3 Å². The lowest BCUT2D eigenvalue weighted by molar-refractivity contribution is 0.588. The zero-order chi connectivity index (χ0) is 17.4. The second kappa shape index (κ2) is 6.38. The number of thiophene rings is 1. The average molecular weight is 387 g/mol. The van der Waals surface area contributed by atoms with Crippen molar-refractivity contribution in [2.45, 2.75) is 24.0 Å². The summed E-state index contributed by atoms with van der Waals surface area (Å²) in [6.07, 6.45) is 1.41. The minimum atomic E-state index is -3.57. The number of anilines is 2. The maximum Gasteiger partial charge on any atom is 0.273 e. The van der Waals surface area contributed by atoms with E-state index in [0.29, 0.717) is 35.0 Å². The van der Waals surface area contributed by atoms with Gasteiger partial charge in [-0.05, 0) is 55.0 Å². The van der Waals surface area contributed by atoms with Crippen molar-refractivity contribution in [1.82, 2.24) is 0 Å². The minimum absolute atomic E-state index is 0.0109. The standard InChI is InChI=1S/C15H18N2O4S3/c1-2-23(18,19)16-13-7-8-14-12(11-13)5-3-9-17(14)24(20,21)15-6-4-10-22-15/h4,6-8,10-11,16H,2-3,5,9H2,1H3. The number of sulfonamides is 2. The highest BCUT2D eigenvalue weighted by Crippen LogP contribution is 2.34. The number of nitrogens with one attached hydrogen (secondary N) is 1. The number of rotatable bonds is 5. The summed E-state index contributed by atoms with van der Waals surface area (Å²) in [4.78, 5) is 0. The van der Waals surface area contributed by atoms with Crippen molar-refractivity contribution in [3.63, 3.8) is 0 Å². The monoisotopic (exact) mass is 386 g/mol. The van der Waals surface area contributed by atoms with E-state index < -0.39 is 20.0 Å². The molecule has 0 amide bonds. The highest BCUT2D eigenvalue weighted by molar-refractivity contribution is 7.94. The number of aryl methyl sites for hydroxylation is 1. The van der Waals surface area contributed by atoms with Gasteiger partial charge < -0.3 is 0 Å². The molecular weight excluding hydrogens is 368 g/mol. The molecule has 24 heavy (non-hydrogen) atoms. The Kier molecular flexibility index (Phi) is 4.58. The van der Waals surface area contributed by atoms with Gasteiger partial charge in [0.05, 0.1) is 11.4 Å². The van der Waals surface area contributed by atoms with Gasteiger partial charge in [-0.2, -0.15) is 0 Å². The van der Waals surface area contributed by atoms with Gasteiger partial charge in [0.15, 0.2) is 0 Å². The number of nitrogens with zero attached hydrogens (tertiary/aromatic N) is 1. The first-order valence-electron chi connectivity index (χ1n) is 7.53. The number of fused-ring (bicyclic) bond motifs is 1. The zero-order valence-electron chi connectivity index (χ0n) is 13.1. The Morgan fingerprint density at radius 2 is 2.00 bits per heavy atom. The Hall–Kier alpha value is -1.58. The lowest BCUT2D eigenvalue weighted by atomic mass is 10.0. The summed E-state index contributed by atoms with van der Waals surface area (Å²) in [5, 5.41) is 1.74. The van der Waals surface area contributed by atoms with Crippen LogP contribution in [-0.4, -0.2) is 29.1 Å². The summed E-state index contributed by atoms with van der Waals surface area (Å²) in [6, 6.07) is 8.31. The van der Waals surface area contributed by atoms with Gasteiger partial charge >= 0.3 is 0 Å². The zero-order valence-corrected chi connectivity index (χ0v) is 15.5. The third-order valence-electron chi connectivity index (χ3n) is 3.85. The van der Waals surface area contributed by atoms with Gasteiger partial charge in [-0.3, -0.25) is 9.03 Å². The molecule has 130 valence electrons. The summed E-state index contributed by atoms with van der Waals surface area (Å²) >= 11 is 1.19. The number of hydrogen-bond acceptors (Lipinski definition) is 5. The molecule has 1 aliphatic rings. The van der Waals surface area contributed by atoms with Gasteiger partial charge in [0, 0.05) is 12.2 Å². The van der Waals surface area contributed by atoms with Crippen LogP contribution in [0, 0.1) is 0 Å². The van der Waals surface area contributed by atoms with Crippen LogP contribution in [0.1, 0.15) is 18.9 Å². The molecule has 0 aliphatic carbocycles. The minimum Gasteiger partial charge on any atom is -0.284 e. The van der Waals surface area contributed by atoms with Crippen LogP contribution in [0.5, 0.6) is 0 Å². The third-order valence-corrected chi connectivity index (χ3v) is 8.34. The summed E-state index contributed by atoms with van der Waals surface area (Å²) in [7, 11) is -6.93. The van der Waals surface area contributed by atoms with Crippen molar-refractivity contribution in [2.75, 3.05) is 21.3 Å². The lowest BCUT2D eigenvalue weighted by Crippen LogP contribution is -2.35. The van der Waals surface area contributed by atoms with Gasteiger partial charge in [0.1, 0.15) is 4.21 Å². The van der Waals surface area contributed by atoms with Gasteiger partial charge in [0.25, 0.3) is 10.0 Å². The highest BCUT2D eigenvalue weighted by atomic mass is 32.2. The number of benzene rings is 1. The van der Waals surface area contributed by atoms with Crippen molar-refractivity contribution >= 4 is 42.8 Å². The molecule has 0 fully saturated rings. The molecule has 6 nitrogen and oxygen atoms in total. The van der Waals surface area contributed by atoms with Gasteiger partial charge in [-0.15, -0.1) is 11.3 Å². The highest BCUT2D eigenvalue weighted by Gasteiger charge is 2.30. The van der Waals surface area contributed by atoms with Crippen LogP contribution in [0.15, 0.2) is 39.9 Å². The maximum absolute atomic E-state index is 12.8. The molecule has 0 saturated carbocycles. The van der Waals surface area contributed by atoms with Crippen molar-refractivity contribution in [2.24, 2.45) is 0 Å². The van der Waals surface area contributed by atoms with Crippen LogP contribution in [0.3, 0.4) is 0 Å². The Morgan fingerprint density at radius 3 is 2.67 bits per heavy atom. The van der Waals surface area contributed by atoms with E-state index in [2.05, 4.69) is 4.72 Å². The predicted octanol–water partition coefficient (Wildman–Crippen LogP) is 2.65. The molecular formula is C15H18N2O4S3. The fourth-order valence-corrected chi connectivity index (χ4v) is 5.92. The topological polar surface area (TPSA) is 83.6 Å². The molecule has 2 aromatic rings.